The molecule has 0 radical (unpaired) electrons. The number of piperidine rings is 1. The van der Waals surface area contributed by atoms with E-state index in [9.17, 15) is 4.79 Å². The van der Waals surface area contributed by atoms with Crippen LogP contribution in [0.3, 0.4) is 0 Å². The number of anilines is 1. The molecule has 4 N–H and O–H groups in total. The van der Waals surface area contributed by atoms with Gasteiger partial charge in [-0.1, -0.05) is 31.7 Å². The molecule has 0 bridgehead atoms. The van der Waals surface area contributed by atoms with Crippen LogP contribution in [0.15, 0.2) is 47.9 Å². The lowest BCUT2D eigenvalue weighted by Gasteiger charge is -2.43. The smallest absolute Gasteiger partial charge is 0.242 e. The fourth-order valence-corrected chi connectivity index (χ4v) is 5.83. The Morgan fingerprint density at radius 1 is 1.20 bits per heavy atom. The van der Waals surface area contributed by atoms with Gasteiger partial charge in [0.1, 0.15) is 17.1 Å². The molecule has 1 aromatic rings. The first kappa shape index (κ1) is 30.9. The van der Waals surface area contributed by atoms with E-state index in [0.717, 1.165) is 38.0 Å². The van der Waals surface area contributed by atoms with Crippen LogP contribution in [0.2, 0.25) is 0 Å². The van der Waals surface area contributed by atoms with Crippen molar-refractivity contribution in [2.45, 2.75) is 64.5 Å². The molecule has 1 aliphatic carbocycles. The number of allylic oxidation sites excluding steroid dienone is 5. The van der Waals surface area contributed by atoms with Gasteiger partial charge in [0.2, 0.25) is 5.88 Å². The Labute approximate surface area is 245 Å². The second kappa shape index (κ2) is 15.3. The standard InChI is InChI=1S/C31H48N8O2/c1-5-23(3)29(39-15-12-25(13-16-39)38-19-17-37(4)18-20-38)11-8-14-33-30-28(22-40)34-27(6-2)31(35-30)41-26-10-7-9-24(21-26)36-32/h5,7,9-10,22,24-25,36H,1,6,8,11-21,32H2,2-4H3,(H,33,35)/b29-23+. The summed E-state index contributed by atoms with van der Waals surface area (Å²) in [6.07, 6.45) is 14.0. The van der Waals surface area contributed by atoms with E-state index >= 15 is 0 Å². The summed E-state index contributed by atoms with van der Waals surface area (Å²) in [5.41, 5.74) is 6.31. The van der Waals surface area contributed by atoms with Crippen molar-refractivity contribution < 1.29 is 9.53 Å². The number of hydrogen-bond donors (Lipinski definition) is 3. The minimum absolute atomic E-state index is 0.00118. The number of likely N-dealkylation sites (tertiary alicyclic amines) is 1. The van der Waals surface area contributed by atoms with Gasteiger partial charge in [-0.15, -0.1) is 0 Å². The van der Waals surface area contributed by atoms with E-state index in [4.69, 9.17) is 10.6 Å². The minimum atomic E-state index is -0.00118. The van der Waals surface area contributed by atoms with Gasteiger partial charge >= 0.3 is 0 Å². The van der Waals surface area contributed by atoms with Crippen molar-refractivity contribution in [3.05, 3.63) is 59.3 Å². The summed E-state index contributed by atoms with van der Waals surface area (Å²) in [4.78, 5) is 28.8. The summed E-state index contributed by atoms with van der Waals surface area (Å²) < 4.78 is 6.13. The Morgan fingerprint density at radius 2 is 1.95 bits per heavy atom. The molecule has 2 fully saturated rings. The molecular weight excluding hydrogens is 516 g/mol. The van der Waals surface area contributed by atoms with Crippen LogP contribution in [0.25, 0.3) is 0 Å². The van der Waals surface area contributed by atoms with Gasteiger partial charge in [-0.2, -0.15) is 4.98 Å². The lowest BCUT2D eigenvalue weighted by atomic mass is 9.99. The third-order valence-corrected chi connectivity index (χ3v) is 8.44. The van der Waals surface area contributed by atoms with Crippen molar-refractivity contribution in [2.75, 3.05) is 58.2 Å². The number of nitrogens with zero attached hydrogens (tertiary/aromatic N) is 5. The fourth-order valence-electron chi connectivity index (χ4n) is 5.83. The summed E-state index contributed by atoms with van der Waals surface area (Å²) in [6.45, 7) is 15.7. The zero-order valence-electron chi connectivity index (χ0n) is 25.1. The molecular formula is C31H48N8O2. The van der Waals surface area contributed by atoms with Crippen molar-refractivity contribution in [2.24, 2.45) is 5.84 Å². The van der Waals surface area contributed by atoms with Gasteiger partial charge in [0.05, 0.1) is 0 Å². The van der Waals surface area contributed by atoms with Crippen LogP contribution in [-0.2, 0) is 6.42 Å². The van der Waals surface area contributed by atoms with Crippen molar-refractivity contribution in [1.29, 1.82) is 0 Å². The number of rotatable bonds is 13. The summed E-state index contributed by atoms with van der Waals surface area (Å²) in [7, 11) is 2.21. The quantitative estimate of drug-likeness (QED) is 0.109. The van der Waals surface area contributed by atoms with E-state index in [1.54, 1.807) is 0 Å². The van der Waals surface area contributed by atoms with Crippen LogP contribution in [0.4, 0.5) is 5.82 Å². The van der Waals surface area contributed by atoms with Crippen LogP contribution in [-0.4, -0.2) is 95.9 Å². The number of piperazine rings is 1. The Balaban J connectivity index is 1.34. The van der Waals surface area contributed by atoms with Crippen LogP contribution < -0.4 is 21.3 Å². The van der Waals surface area contributed by atoms with Gasteiger partial charge in [-0.3, -0.25) is 21.0 Å². The Hall–Kier alpha value is -3.05. The minimum Gasteiger partial charge on any atom is -0.442 e. The number of carbonyl (C=O) groups is 1. The number of ether oxygens (including phenoxy) is 1. The van der Waals surface area contributed by atoms with Crippen molar-refractivity contribution in [3.8, 4) is 5.88 Å². The first-order valence-electron chi connectivity index (χ1n) is 15.1. The van der Waals surface area contributed by atoms with Crippen LogP contribution in [0.1, 0.15) is 62.1 Å². The highest BCUT2D eigenvalue weighted by molar-refractivity contribution is 5.80. The largest absolute Gasteiger partial charge is 0.442 e. The molecule has 10 heteroatoms. The van der Waals surface area contributed by atoms with Gasteiger partial charge in [0.25, 0.3) is 0 Å². The van der Waals surface area contributed by atoms with Gasteiger partial charge in [0, 0.05) is 70.0 Å². The molecule has 0 aromatic carbocycles. The van der Waals surface area contributed by atoms with E-state index in [2.05, 4.69) is 56.0 Å². The van der Waals surface area contributed by atoms with Crippen LogP contribution in [0.5, 0.6) is 5.88 Å². The van der Waals surface area contributed by atoms with Crippen LogP contribution >= 0.6 is 0 Å². The predicted molar refractivity (Wildman–Crippen MR) is 165 cm³/mol. The van der Waals surface area contributed by atoms with Crippen molar-refractivity contribution in [3.63, 3.8) is 0 Å². The maximum atomic E-state index is 11.9. The molecule has 0 amide bonds. The van der Waals surface area contributed by atoms with Crippen molar-refractivity contribution >= 4 is 12.1 Å². The van der Waals surface area contributed by atoms with Gasteiger partial charge in [-0.25, -0.2) is 4.98 Å². The van der Waals surface area contributed by atoms with E-state index in [-0.39, 0.29) is 6.04 Å². The number of carbonyl (C=O) groups excluding carboxylic acids is 1. The molecule has 224 valence electrons. The normalized spacial score (nSPS) is 21.3. The van der Waals surface area contributed by atoms with Gasteiger partial charge in [-0.05, 0) is 57.7 Å². The number of hydrogen-bond acceptors (Lipinski definition) is 10. The molecule has 10 nitrogen and oxygen atoms in total. The average molecular weight is 565 g/mol. The van der Waals surface area contributed by atoms with Gasteiger partial charge in [0.15, 0.2) is 12.1 Å². The van der Waals surface area contributed by atoms with E-state index in [1.165, 1.54) is 50.3 Å². The second-order valence-corrected chi connectivity index (χ2v) is 11.2. The third-order valence-electron chi connectivity index (χ3n) is 8.44. The molecule has 2 aliphatic heterocycles. The second-order valence-electron chi connectivity index (χ2n) is 11.2. The number of nitrogens with one attached hydrogen (secondary N) is 2. The summed E-state index contributed by atoms with van der Waals surface area (Å²) in [5.74, 6) is 7.22. The number of likely N-dealkylation sites (N-methyl/N-ethyl adjacent to an activating group) is 1. The number of aromatic nitrogens is 2. The topological polar surface area (TPSA) is 112 Å². The molecule has 3 heterocycles. The molecule has 1 atom stereocenters. The maximum Gasteiger partial charge on any atom is 0.242 e. The highest BCUT2D eigenvalue weighted by Crippen LogP contribution is 2.27. The maximum absolute atomic E-state index is 11.9. The zero-order valence-corrected chi connectivity index (χ0v) is 25.1. The first-order chi connectivity index (χ1) is 19.9. The van der Waals surface area contributed by atoms with Crippen LogP contribution in [0, 0.1) is 0 Å². The van der Waals surface area contributed by atoms with Crippen molar-refractivity contribution in [1.82, 2.24) is 30.1 Å². The SMILES string of the molecule is C=C/C(C)=C(\CCCNc1nc(OC2=CC=CC(NN)C2)c(CC)nc1C=O)N1CCC(N2CCN(C)CC2)CC1. The monoisotopic (exact) mass is 564 g/mol. The van der Waals surface area contributed by atoms with E-state index in [0.29, 0.717) is 48.5 Å². The summed E-state index contributed by atoms with van der Waals surface area (Å²) in [5, 5.41) is 3.35. The first-order valence-corrected chi connectivity index (χ1v) is 15.1. The lowest BCUT2D eigenvalue weighted by molar-refractivity contribution is 0.0747. The molecule has 4 rings (SSSR count). The number of nitrogens with two attached hydrogens (primary N) is 1. The summed E-state index contributed by atoms with van der Waals surface area (Å²) >= 11 is 0. The Bertz CT molecular complexity index is 1130. The average Bonchev–Trinajstić information content (AvgIpc) is 3.01. The predicted octanol–water partition coefficient (Wildman–Crippen LogP) is 3.27. The molecule has 1 unspecified atom stereocenters. The molecule has 3 aliphatic rings. The Kier molecular flexibility index (Phi) is 11.5. The van der Waals surface area contributed by atoms with Gasteiger partial charge < -0.3 is 19.9 Å². The van der Waals surface area contributed by atoms with E-state index in [1.807, 2.05) is 31.2 Å². The number of aldehydes is 1. The highest BCUT2D eigenvalue weighted by Gasteiger charge is 2.27. The van der Waals surface area contributed by atoms with E-state index < -0.39 is 0 Å². The highest BCUT2D eigenvalue weighted by atomic mass is 16.5. The molecule has 0 spiro atoms. The Morgan fingerprint density at radius 3 is 2.61 bits per heavy atom. The lowest BCUT2D eigenvalue weighted by Crippen LogP contribution is -2.52. The molecule has 41 heavy (non-hydrogen) atoms. The third kappa shape index (κ3) is 8.25. The number of hydrazine groups is 1. The molecule has 0 saturated carbocycles. The zero-order chi connectivity index (χ0) is 29.2. The fraction of sp³-hybridized carbons (Fsp3) is 0.581. The summed E-state index contributed by atoms with van der Waals surface area (Å²) in [6, 6.07) is 0.686. The number of aryl methyl sites for hydroxylation is 1. The molecule has 2 saturated heterocycles. The molecule has 1 aromatic heterocycles.